The molecule has 0 unspecified atom stereocenters. The van der Waals surface area contributed by atoms with E-state index in [1.165, 1.54) is 5.38 Å². The summed E-state index contributed by atoms with van der Waals surface area (Å²) in [5, 5.41) is 14.9. The monoisotopic (exact) mass is 285 g/mol. The number of rotatable bonds is 4. The Labute approximate surface area is 114 Å². The lowest BCUT2D eigenvalue weighted by molar-refractivity contribution is -0.121. The molecule has 104 valence electrons. The Bertz CT molecular complexity index is 504. The highest BCUT2D eigenvalue weighted by Gasteiger charge is 2.17. The zero-order valence-corrected chi connectivity index (χ0v) is 11.6. The molecule has 1 aromatic heterocycles. The molecular weight excluding hydrogens is 270 g/mol. The van der Waals surface area contributed by atoms with Crippen molar-refractivity contribution in [2.75, 3.05) is 6.54 Å². The van der Waals surface area contributed by atoms with Gasteiger partial charge >= 0.3 is 5.97 Å². The number of nitrogens with zero attached hydrogens (tertiary/aromatic N) is 1. The Hall–Kier alpha value is -1.96. The van der Waals surface area contributed by atoms with E-state index in [2.05, 4.69) is 15.6 Å². The highest BCUT2D eigenvalue weighted by atomic mass is 32.1. The Morgan fingerprint density at radius 2 is 2.00 bits per heavy atom. The van der Waals surface area contributed by atoms with Crippen LogP contribution in [0, 0.1) is 0 Å². The summed E-state index contributed by atoms with van der Waals surface area (Å²) in [5.74, 6) is -2.09. The van der Waals surface area contributed by atoms with Gasteiger partial charge in [0.15, 0.2) is 0 Å². The van der Waals surface area contributed by atoms with Gasteiger partial charge in [0.1, 0.15) is 5.69 Å². The zero-order valence-electron chi connectivity index (χ0n) is 10.8. The number of aromatic nitrogens is 1. The molecule has 0 bridgehead atoms. The van der Waals surface area contributed by atoms with Gasteiger partial charge in [0.05, 0.1) is 6.54 Å². The molecule has 0 fully saturated rings. The van der Waals surface area contributed by atoms with Crippen LogP contribution in [0.3, 0.4) is 0 Å². The summed E-state index contributed by atoms with van der Waals surface area (Å²) in [7, 11) is 0. The summed E-state index contributed by atoms with van der Waals surface area (Å²) in [5.41, 5.74) is -0.384. The molecule has 1 rings (SSSR count). The normalized spacial score (nSPS) is 10.9. The number of aromatic carboxylic acids is 1. The van der Waals surface area contributed by atoms with Crippen molar-refractivity contribution in [3.63, 3.8) is 0 Å². The molecule has 0 aliphatic rings. The summed E-state index contributed by atoms with van der Waals surface area (Å²) in [6.07, 6.45) is 0. The second kappa shape index (κ2) is 5.79. The van der Waals surface area contributed by atoms with Crippen LogP contribution < -0.4 is 10.6 Å². The van der Waals surface area contributed by atoms with Crippen LogP contribution in [0.5, 0.6) is 0 Å². The highest BCUT2D eigenvalue weighted by molar-refractivity contribution is 7.11. The lowest BCUT2D eigenvalue weighted by atomic mass is 10.1. The van der Waals surface area contributed by atoms with E-state index in [1.807, 2.05) is 20.8 Å². The van der Waals surface area contributed by atoms with Crippen LogP contribution in [0.1, 0.15) is 41.1 Å². The lowest BCUT2D eigenvalue weighted by Crippen LogP contribution is -2.45. The van der Waals surface area contributed by atoms with Gasteiger partial charge in [-0.1, -0.05) is 0 Å². The van der Waals surface area contributed by atoms with E-state index in [9.17, 15) is 14.4 Å². The largest absolute Gasteiger partial charge is 0.476 e. The number of amides is 2. The molecule has 1 heterocycles. The second-order valence-electron chi connectivity index (χ2n) is 4.82. The third-order valence-electron chi connectivity index (χ3n) is 1.84. The van der Waals surface area contributed by atoms with Crippen molar-refractivity contribution >= 4 is 29.1 Å². The predicted octanol–water partition coefficient (Wildman–Crippen LogP) is 0.486. The van der Waals surface area contributed by atoms with Gasteiger partial charge in [-0.25, -0.2) is 9.78 Å². The maximum Gasteiger partial charge on any atom is 0.365 e. The quantitative estimate of drug-likeness (QED) is 0.746. The van der Waals surface area contributed by atoms with Crippen molar-refractivity contribution in [1.82, 2.24) is 15.6 Å². The smallest absolute Gasteiger partial charge is 0.365 e. The molecule has 1 aromatic rings. The summed E-state index contributed by atoms with van der Waals surface area (Å²) in [6, 6.07) is 0. The van der Waals surface area contributed by atoms with Gasteiger partial charge in [-0.2, -0.15) is 0 Å². The van der Waals surface area contributed by atoms with Gasteiger partial charge in [0, 0.05) is 10.9 Å². The van der Waals surface area contributed by atoms with Crippen molar-refractivity contribution < 1.29 is 19.5 Å². The van der Waals surface area contributed by atoms with E-state index in [0.717, 1.165) is 11.3 Å². The molecule has 7 nitrogen and oxygen atoms in total. The van der Waals surface area contributed by atoms with E-state index < -0.39 is 11.9 Å². The standard InChI is InChI=1S/C11H15N3O4S/c1-11(2,3)14-7(15)4-12-8(16)6-5-19-9(13-6)10(17)18/h5H,4H2,1-3H3,(H,12,16)(H,14,15)(H,17,18). The molecular formula is C11H15N3O4S. The summed E-state index contributed by atoms with van der Waals surface area (Å²) in [4.78, 5) is 37.3. The van der Waals surface area contributed by atoms with Gasteiger partial charge in [0.2, 0.25) is 10.9 Å². The highest BCUT2D eigenvalue weighted by Crippen LogP contribution is 2.09. The summed E-state index contributed by atoms with van der Waals surface area (Å²) >= 11 is 0.858. The average molecular weight is 285 g/mol. The van der Waals surface area contributed by atoms with E-state index >= 15 is 0 Å². The fraction of sp³-hybridized carbons (Fsp3) is 0.455. The van der Waals surface area contributed by atoms with Crippen molar-refractivity contribution in [2.24, 2.45) is 0 Å². The van der Waals surface area contributed by atoms with Crippen LogP contribution in [0.2, 0.25) is 0 Å². The van der Waals surface area contributed by atoms with E-state index in [1.54, 1.807) is 0 Å². The predicted molar refractivity (Wildman–Crippen MR) is 69.3 cm³/mol. The molecule has 3 N–H and O–H groups in total. The number of carboxylic acid groups (broad SMARTS) is 1. The van der Waals surface area contributed by atoms with E-state index in [4.69, 9.17) is 5.11 Å². The Kier molecular flexibility index (Phi) is 4.60. The minimum absolute atomic E-state index is 0.00837. The van der Waals surface area contributed by atoms with Crippen LogP contribution in [-0.4, -0.2) is 40.0 Å². The van der Waals surface area contributed by atoms with Crippen molar-refractivity contribution in [2.45, 2.75) is 26.3 Å². The SMILES string of the molecule is CC(C)(C)NC(=O)CNC(=O)c1csc(C(=O)O)n1. The molecule has 0 saturated heterocycles. The van der Waals surface area contributed by atoms with Crippen molar-refractivity contribution in [3.05, 3.63) is 16.1 Å². The van der Waals surface area contributed by atoms with Gasteiger partial charge in [-0.05, 0) is 20.8 Å². The van der Waals surface area contributed by atoms with Crippen molar-refractivity contribution in [3.8, 4) is 0 Å². The molecule has 0 aliphatic carbocycles. The summed E-state index contributed by atoms with van der Waals surface area (Å²) in [6.45, 7) is 5.29. The zero-order chi connectivity index (χ0) is 14.6. The molecule has 19 heavy (non-hydrogen) atoms. The fourth-order valence-electron chi connectivity index (χ4n) is 1.19. The topological polar surface area (TPSA) is 108 Å². The third-order valence-corrected chi connectivity index (χ3v) is 2.67. The summed E-state index contributed by atoms with van der Waals surface area (Å²) < 4.78 is 0. The van der Waals surface area contributed by atoms with Crippen molar-refractivity contribution in [1.29, 1.82) is 0 Å². The first-order chi connectivity index (χ1) is 8.69. The minimum atomic E-state index is -1.19. The Morgan fingerprint density at radius 1 is 1.37 bits per heavy atom. The molecule has 8 heteroatoms. The lowest BCUT2D eigenvalue weighted by Gasteiger charge is -2.20. The van der Waals surface area contributed by atoms with E-state index in [0.29, 0.717) is 0 Å². The molecule has 0 atom stereocenters. The van der Waals surface area contributed by atoms with Crippen LogP contribution in [-0.2, 0) is 4.79 Å². The molecule has 0 radical (unpaired) electrons. The molecule has 0 aliphatic heterocycles. The number of carboxylic acids is 1. The Balaban J connectivity index is 2.51. The number of carbonyl (C=O) groups is 3. The van der Waals surface area contributed by atoms with Gasteiger partial charge in [-0.3, -0.25) is 9.59 Å². The number of hydrogen-bond acceptors (Lipinski definition) is 5. The molecule has 0 saturated carbocycles. The first-order valence-corrected chi connectivity index (χ1v) is 6.35. The maximum absolute atomic E-state index is 11.6. The molecule has 2 amide bonds. The first kappa shape index (κ1) is 15.1. The van der Waals surface area contributed by atoms with Crippen LogP contribution in [0.15, 0.2) is 5.38 Å². The molecule has 0 aromatic carbocycles. The average Bonchev–Trinajstić information content (AvgIpc) is 2.72. The van der Waals surface area contributed by atoms with Gasteiger partial charge < -0.3 is 15.7 Å². The second-order valence-corrected chi connectivity index (χ2v) is 5.68. The number of thiazole rings is 1. The Morgan fingerprint density at radius 3 is 2.47 bits per heavy atom. The van der Waals surface area contributed by atoms with Crippen LogP contribution in [0.4, 0.5) is 0 Å². The minimum Gasteiger partial charge on any atom is -0.476 e. The number of nitrogens with one attached hydrogen (secondary N) is 2. The van der Waals surface area contributed by atoms with Gasteiger partial charge in [-0.15, -0.1) is 11.3 Å². The molecule has 0 spiro atoms. The van der Waals surface area contributed by atoms with Gasteiger partial charge in [0.25, 0.3) is 5.91 Å². The third kappa shape index (κ3) is 5.04. The first-order valence-electron chi connectivity index (χ1n) is 5.47. The van der Waals surface area contributed by atoms with Crippen LogP contribution in [0.25, 0.3) is 0 Å². The number of hydrogen-bond donors (Lipinski definition) is 3. The van der Waals surface area contributed by atoms with E-state index in [-0.39, 0.29) is 28.7 Å². The van der Waals surface area contributed by atoms with Crippen LogP contribution >= 0.6 is 11.3 Å². The fourth-order valence-corrected chi connectivity index (χ4v) is 1.82. The number of carbonyl (C=O) groups excluding carboxylic acids is 2. The maximum atomic E-state index is 11.6.